The van der Waals surface area contributed by atoms with Crippen LogP contribution in [0.1, 0.15) is 30.4 Å². The van der Waals surface area contributed by atoms with Crippen molar-refractivity contribution in [3.63, 3.8) is 0 Å². The molecule has 6 nitrogen and oxygen atoms in total. The van der Waals surface area contributed by atoms with Crippen molar-refractivity contribution in [1.29, 1.82) is 5.26 Å². The van der Waals surface area contributed by atoms with Crippen molar-refractivity contribution in [3.8, 4) is 6.07 Å². The van der Waals surface area contributed by atoms with Gasteiger partial charge in [-0.2, -0.15) is 5.26 Å². The van der Waals surface area contributed by atoms with Crippen molar-refractivity contribution in [2.45, 2.75) is 31.8 Å². The molecule has 0 bridgehead atoms. The number of nitrogens with zero attached hydrogens (tertiary/aromatic N) is 4. The van der Waals surface area contributed by atoms with Gasteiger partial charge in [-0.1, -0.05) is 30.3 Å². The van der Waals surface area contributed by atoms with E-state index in [1.54, 1.807) is 24.0 Å². The lowest BCUT2D eigenvalue weighted by atomic mass is 10.1. The topological polar surface area (TPSA) is 86.2 Å². The summed E-state index contributed by atoms with van der Waals surface area (Å²) in [4.78, 5) is 20.9. The van der Waals surface area contributed by atoms with Crippen molar-refractivity contribution >= 4 is 23.5 Å². The number of thioether (sulfide) groups is 1. The highest BCUT2D eigenvalue weighted by Gasteiger charge is 2.23. The fourth-order valence-corrected chi connectivity index (χ4v) is 4.29. The van der Waals surface area contributed by atoms with Crippen LogP contribution in [0.2, 0.25) is 0 Å². The van der Waals surface area contributed by atoms with Gasteiger partial charge in [0.05, 0.1) is 17.5 Å². The maximum atomic E-state index is 12.3. The Morgan fingerprint density at radius 3 is 2.76 bits per heavy atom. The molecule has 1 saturated heterocycles. The van der Waals surface area contributed by atoms with Crippen molar-refractivity contribution in [2.24, 2.45) is 5.73 Å². The Labute approximate surface area is 176 Å². The molecule has 2 aromatic rings. The number of hydrogen-bond donors (Lipinski definition) is 1. The Morgan fingerprint density at radius 2 is 2.10 bits per heavy atom. The summed E-state index contributed by atoms with van der Waals surface area (Å²) in [6.45, 7) is 2.37. The lowest BCUT2D eigenvalue weighted by Gasteiger charge is -2.24. The third kappa shape index (κ3) is 6.21. The van der Waals surface area contributed by atoms with Crippen molar-refractivity contribution in [2.75, 3.05) is 29.6 Å². The highest BCUT2D eigenvalue weighted by molar-refractivity contribution is 7.99. The van der Waals surface area contributed by atoms with E-state index < -0.39 is 6.04 Å². The molecule has 1 aliphatic heterocycles. The minimum Gasteiger partial charge on any atom is -0.352 e. The minimum atomic E-state index is -0.413. The average Bonchev–Trinajstić information content (AvgIpc) is 3.31. The summed E-state index contributed by atoms with van der Waals surface area (Å²) in [7, 11) is 0. The average molecular weight is 410 g/mol. The fraction of sp³-hybridized carbons (Fsp3) is 0.409. The Morgan fingerprint density at radius 1 is 1.28 bits per heavy atom. The standard InChI is InChI=1S/C22H27N5OS/c23-14-19-9-10-21(25-15-19)26(16-18-6-2-1-3-7-18)11-5-4-8-20(24)22(28)27-12-13-29-17-27/h1-3,6-7,9-10,15,20H,4-5,8,11-13,16-17,24H2. The number of aromatic nitrogens is 1. The molecular formula is C22H27N5OS. The van der Waals surface area contributed by atoms with Gasteiger partial charge in [0.2, 0.25) is 5.91 Å². The lowest BCUT2D eigenvalue weighted by molar-refractivity contribution is -0.131. The second-order valence-corrected chi connectivity index (χ2v) is 8.24. The maximum absolute atomic E-state index is 12.3. The molecule has 1 aromatic carbocycles. The van der Waals surface area contributed by atoms with Gasteiger partial charge < -0.3 is 15.5 Å². The summed E-state index contributed by atoms with van der Waals surface area (Å²) in [6.07, 6.45) is 4.11. The molecule has 2 heterocycles. The summed E-state index contributed by atoms with van der Waals surface area (Å²) >= 11 is 1.78. The van der Waals surface area contributed by atoms with Gasteiger partial charge in [-0.25, -0.2) is 4.98 Å². The monoisotopic (exact) mass is 409 g/mol. The molecule has 0 spiro atoms. The van der Waals surface area contributed by atoms with Gasteiger partial charge in [0.1, 0.15) is 11.9 Å². The predicted octanol–water partition coefficient (Wildman–Crippen LogP) is 2.99. The second-order valence-electron chi connectivity index (χ2n) is 7.17. The van der Waals surface area contributed by atoms with Gasteiger partial charge in [0.15, 0.2) is 0 Å². The lowest BCUT2D eigenvalue weighted by Crippen LogP contribution is -2.42. The van der Waals surface area contributed by atoms with E-state index in [1.165, 1.54) is 5.56 Å². The first-order valence-corrected chi connectivity index (χ1v) is 11.1. The van der Waals surface area contributed by atoms with Gasteiger partial charge in [-0.3, -0.25) is 4.79 Å². The van der Waals surface area contributed by atoms with Gasteiger partial charge >= 0.3 is 0 Å². The van der Waals surface area contributed by atoms with Crippen LogP contribution < -0.4 is 10.6 Å². The quantitative estimate of drug-likeness (QED) is 0.641. The van der Waals surface area contributed by atoms with Crippen LogP contribution >= 0.6 is 11.8 Å². The zero-order chi connectivity index (χ0) is 20.5. The molecule has 152 valence electrons. The van der Waals surface area contributed by atoms with E-state index in [0.717, 1.165) is 49.9 Å². The van der Waals surface area contributed by atoms with Gasteiger partial charge in [0, 0.05) is 31.6 Å². The molecule has 7 heteroatoms. The number of nitrogens with two attached hydrogens (primary N) is 1. The number of carbonyl (C=O) groups excluding carboxylic acids is 1. The van der Waals surface area contributed by atoms with E-state index in [4.69, 9.17) is 11.0 Å². The minimum absolute atomic E-state index is 0.0740. The smallest absolute Gasteiger partial charge is 0.240 e. The van der Waals surface area contributed by atoms with Gasteiger partial charge in [0.25, 0.3) is 0 Å². The number of pyridine rings is 1. The van der Waals surface area contributed by atoms with Crippen molar-refractivity contribution in [3.05, 3.63) is 59.8 Å². The molecule has 0 aliphatic carbocycles. The largest absolute Gasteiger partial charge is 0.352 e. The molecule has 29 heavy (non-hydrogen) atoms. The molecule has 1 amide bonds. The predicted molar refractivity (Wildman–Crippen MR) is 117 cm³/mol. The van der Waals surface area contributed by atoms with E-state index in [2.05, 4.69) is 28.1 Å². The zero-order valence-electron chi connectivity index (χ0n) is 16.5. The maximum Gasteiger partial charge on any atom is 0.240 e. The van der Waals surface area contributed by atoms with Crippen LogP contribution in [0.3, 0.4) is 0 Å². The molecule has 0 radical (unpaired) electrons. The molecule has 2 N–H and O–H groups in total. The highest BCUT2D eigenvalue weighted by Crippen LogP contribution is 2.18. The Bertz CT molecular complexity index is 815. The Hall–Kier alpha value is -2.56. The van der Waals surface area contributed by atoms with Crippen LogP contribution in [0.25, 0.3) is 0 Å². The van der Waals surface area contributed by atoms with E-state index in [-0.39, 0.29) is 5.91 Å². The van der Waals surface area contributed by atoms with Crippen LogP contribution in [-0.4, -0.2) is 46.6 Å². The normalized spacial score (nSPS) is 14.4. The van der Waals surface area contributed by atoms with Crippen molar-refractivity contribution < 1.29 is 4.79 Å². The SMILES string of the molecule is N#Cc1ccc(N(CCCCC(N)C(=O)N2CCSC2)Cc2ccccc2)nc1. The molecule has 1 aliphatic rings. The number of unbranched alkanes of at least 4 members (excludes halogenated alkanes) is 1. The number of amides is 1. The van der Waals surface area contributed by atoms with E-state index in [9.17, 15) is 4.79 Å². The van der Waals surface area contributed by atoms with Crippen LogP contribution in [0.4, 0.5) is 5.82 Å². The summed E-state index contributed by atoms with van der Waals surface area (Å²) < 4.78 is 0. The van der Waals surface area contributed by atoms with Gasteiger partial charge in [-0.15, -0.1) is 11.8 Å². The van der Waals surface area contributed by atoms with Gasteiger partial charge in [-0.05, 0) is 37.0 Å². The molecule has 1 fully saturated rings. The molecule has 0 saturated carbocycles. The molecule has 1 atom stereocenters. The first kappa shape index (κ1) is 21.2. The van der Waals surface area contributed by atoms with Crippen LogP contribution in [0, 0.1) is 11.3 Å². The Kier molecular flexibility index (Phi) is 7.91. The Balaban J connectivity index is 1.55. The number of hydrogen-bond acceptors (Lipinski definition) is 6. The first-order valence-electron chi connectivity index (χ1n) is 9.94. The number of benzene rings is 1. The number of nitriles is 1. The fourth-order valence-electron chi connectivity index (χ4n) is 3.33. The number of rotatable bonds is 9. The molecule has 1 aromatic heterocycles. The van der Waals surface area contributed by atoms with Crippen LogP contribution in [-0.2, 0) is 11.3 Å². The molecular weight excluding hydrogens is 382 g/mol. The zero-order valence-corrected chi connectivity index (χ0v) is 17.4. The van der Waals surface area contributed by atoms with E-state index >= 15 is 0 Å². The summed E-state index contributed by atoms with van der Waals surface area (Å²) in [6, 6.07) is 15.6. The summed E-state index contributed by atoms with van der Waals surface area (Å²) in [5, 5.41) is 9.00. The third-order valence-electron chi connectivity index (χ3n) is 4.99. The summed E-state index contributed by atoms with van der Waals surface area (Å²) in [5.41, 5.74) is 7.88. The number of carbonyl (C=O) groups is 1. The first-order chi connectivity index (χ1) is 14.2. The van der Waals surface area contributed by atoms with Crippen LogP contribution in [0.15, 0.2) is 48.7 Å². The van der Waals surface area contributed by atoms with Crippen LogP contribution in [0.5, 0.6) is 0 Å². The second kappa shape index (κ2) is 10.8. The third-order valence-corrected chi connectivity index (χ3v) is 5.96. The molecule has 1 unspecified atom stereocenters. The van der Waals surface area contributed by atoms with Crippen molar-refractivity contribution in [1.82, 2.24) is 9.88 Å². The number of anilines is 1. The summed E-state index contributed by atoms with van der Waals surface area (Å²) in [5.74, 6) is 2.69. The molecule has 3 rings (SSSR count). The van der Waals surface area contributed by atoms with E-state index in [0.29, 0.717) is 12.0 Å². The van der Waals surface area contributed by atoms with E-state index in [1.807, 2.05) is 29.2 Å². The highest BCUT2D eigenvalue weighted by atomic mass is 32.2.